The highest BCUT2D eigenvalue weighted by atomic mass is 16.5. The summed E-state index contributed by atoms with van der Waals surface area (Å²) in [5, 5.41) is 9.35. The summed E-state index contributed by atoms with van der Waals surface area (Å²) in [5.74, 6) is 0.170. The first-order valence-electron chi connectivity index (χ1n) is 7.25. The number of aliphatic hydroxyl groups excluding tert-OH is 1. The van der Waals surface area contributed by atoms with Crippen molar-refractivity contribution in [1.29, 1.82) is 0 Å². The van der Waals surface area contributed by atoms with Gasteiger partial charge < -0.3 is 14.7 Å². The predicted molar refractivity (Wildman–Crippen MR) is 75.1 cm³/mol. The summed E-state index contributed by atoms with van der Waals surface area (Å²) in [6, 6.07) is 10.1. The fraction of sp³-hybridized carbons (Fsp3) is 0.562. The van der Waals surface area contributed by atoms with Crippen molar-refractivity contribution < 1.29 is 14.6 Å². The van der Waals surface area contributed by atoms with E-state index in [9.17, 15) is 9.90 Å². The van der Waals surface area contributed by atoms with Crippen LogP contribution in [0.15, 0.2) is 30.3 Å². The summed E-state index contributed by atoms with van der Waals surface area (Å²) in [4.78, 5) is 14.3. The Morgan fingerprint density at radius 3 is 2.70 bits per heavy atom. The third-order valence-electron chi connectivity index (χ3n) is 4.43. The van der Waals surface area contributed by atoms with Gasteiger partial charge in [-0.25, -0.2) is 0 Å². The van der Waals surface area contributed by atoms with Crippen LogP contribution in [0.5, 0.6) is 0 Å². The van der Waals surface area contributed by atoms with Crippen molar-refractivity contribution in [2.24, 2.45) is 5.92 Å². The fourth-order valence-corrected chi connectivity index (χ4v) is 3.07. The molecule has 0 spiro atoms. The van der Waals surface area contributed by atoms with Crippen molar-refractivity contribution >= 4 is 5.91 Å². The highest BCUT2D eigenvalue weighted by Crippen LogP contribution is 2.33. The smallest absolute Gasteiger partial charge is 0.226 e. The molecule has 2 aliphatic rings. The van der Waals surface area contributed by atoms with Gasteiger partial charge in [0.05, 0.1) is 19.3 Å². The molecule has 1 amide bonds. The summed E-state index contributed by atoms with van der Waals surface area (Å²) in [6.07, 6.45) is 0.932. The third kappa shape index (κ3) is 2.45. The summed E-state index contributed by atoms with van der Waals surface area (Å²) in [5.41, 5.74) is 0.670. The second-order valence-electron chi connectivity index (χ2n) is 6.03. The molecular weight excluding hydrogens is 254 g/mol. The molecule has 4 heteroatoms. The molecular formula is C16H21NO3. The van der Waals surface area contributed by atoms with Crippen molar-refractivity contribution in [2.75, 3.05) is 19.7 Å². The van der Waals surface area contributed by atoms with Gasteiger partial charge in [-0.3, -0.25) is 4.79 Å². The lowest BCUT2D eigenvalue weighted by Crippen LogP contribution is -2.53. The van der Waals surface area contributed by atoms with Crippen LogP contribution in [0.1, 0.15) is 25.3 Å². The number of carbonyl (C=O) groups is 1. The molecule has 0 radical (unpaired) electrons. The SMILES string of the molecule is CC1(c2ccccc2)CN(C(=O)C2CC(O)C2)CCO1. The van der Waals surface area contributed by atoms with Crippen LogP contribution in [-0.4, -0.2) is 41.7 Å². The molecule has 0 bridgehead atoms. The minimum Gasteiger partial charge on any atom is -0.393 e. The van der Waals surface area contributed by atoms with Gasteiger partial charge in [-0.05, 0) is 25.3 Å². The summed E-state index contributed by atoms with van der Waals surface area (Å²) < 4.78 is 5.94. The number of hydrogen-bond donors (Lipinski definition) is 1. The van der Waals surface area contributed by atoms with Crippen LogP contribution in [0.3, 0.4) is 0 Å². The summed E-state index contributed by atoms with van der Waals surface area (Å²) in [6.45, 7) is 3.83. The van der Waals surface area contributed by atoms with E-state index in [-0.39, 0.29) is 17.9 Å². The molecule has 1 heterocycles. The molecule has 1 atom stereocenters. The quantitative estimate of drug-likeness (QED) is 0.890. The molecule has 3 rings (SSSR count). The van der Waals surface area contributed by atoms with Gasteiger partial charge in [0.15, 0.2) is 0 Å². The number of benzene rings is 1. The zero-order chi connectivity index (χ0) is 14.2. The molecule has 4 nitrogen and oxygen atoms in total. The second-order valence-corrected chi connectivity index (χ2v) is 6.03. The number of carbonyl (C=O) groups excluding carboxylic acids is 1. The van der Waals surface area contributed by atoms with Gasteiger partial charge in [0.2, 0.25) is 5.91 Å². The molecule has 20 heavy (non-hydrogen) atoms. The number of rotatable bonds is 2. The van der Waals surface area contributed by atoms with Crippen LogP contribution in [0.25, 0.3) is 0 Å². The van der Waals surface area contributed by atoms with E-state index in [1.54, 1.807) is 0 Å². The van der Waals surface area contributed by atoms with E-state index >= 15 is 0 Å². The monoisotopic (exact) mass is 275 g/mol. The molecule has 1 aliphatic heterocycles. The molecule has 1 saturated heterocycles. The number of morpholine rings is 1. The highest BCUT2D eigenvalue weighted by molar-refractivity contribution is 5.80. The largest absolute Gasteiger partial charge is 0.393 e. The Kier molecular flexibility index (Phi) is 3.52. The zero-order valence-electron chi connectivity index (χ0n) is 11.8. The Morgan fingerprint density at radius 1 is 1.35 bits per heavy atom. The average molecular weight is 275 g/mol. The minimum atomic E-state index is -0.433. The standard InChI is InChI=1S/C16H21NO3/c1-16(13-5-3-2-4-6-13)11-17(7-8-20-16)15(19)12-9-14(18)10-12/h2-6,12,14,18H,7-11H2,1H3. The first kappa shape index (κ1) is 13.6. The van der Waals surface area contributed by atoms with Gasteiger partial charge in [0.25, 0.3) is 0 Å². The van der Waals surface area contributed by atoms with Crippen molar-refractivity contribution in [2.45, 2.75) is 31.5 Å². The van der Waals surface area contributed by atoms with E-state index in [4.69, 9.17) is 4.74 Å². The lowest BCUT2D eigenvalue weighted by Gasteiger charge is -2.43. The molecule has 1 aromatic rings. The van der Waals surface area contributed by atoms with Crippen LogP contribution < -0.4 is 0 Å². The normalized spacial score (nSPS) is 33.6. The lowest BCUT2D eigenvalue weighted by molar-refractivity contribution is -0.159. The Morgan fingerprint density at radius 2 is 2.05 bits per heavy atom. The first-order valence-corrected chi connectivity index (χ1v) is 7.25. The minimum absolute atomic E-state index is 0.00289. The molecule has 1 aliphatic carbocycles. The fourth-order valence-electron chi connectivity index (χ4n) is 3.07. The van der Waals surface area contributed by atoms with Crippen LogP contribution in [0, 0.1) is 5.92 Å². The molecule has 1 aromatic carbocycles. The number of aliphatic hydroxyl groups is 1. The maximum absolute atomic E-state index is 12.4. The number of amides is 1. The van der Waals surface area contributed by atoms with E-state index in [1.165, 1.54) is 0 Å². The van der Waals surface area contributed by atoms with Gasteiger partial charge in [0, 0.05) is 12.5 Å². The van der Waals surface area contributed by atoms with E-state index in [0.717, 1.165) is 5.56 Å². The molecule has 1 N–H and O–H groups in total. The van der Waals surface area contributed by atoms with Crippen LogP contribution in [0.4, 0.5) is 0 Å². The average Bonchev–Trinajstić information content (AvgIpc) is 2.44. The number of hydrogen-bond acceptors (Lipinski definition) is 3. The second kappa shape index (κ2) is 5.19. The summed E-state index contributed by atoms with van der Waals surface area (Å²) >= 11 is 0. The number of ether oxygens (including phenoxy) is 1. The zero-order valence-corrected chi connectivity index (χ0v) is 11.8. The van der Waals surface area contributed by atoms with Gasteiger partial charge in [-0.2, -0.15) is 0 Å². The Balaban J connectivity index is 1.71. The summed E-state index contributed by atoms with van der Waals surface area (Å²) in [7, 11) is 0. The van der Waals surface area contributed by atoms with Crippen molar-refractivity contribution in [3.05, 3.63) is 35.9 Å². The van der Waals surface area contributed by atoms with Crippen LogP contribution >= 0.6 is 0 Å². The third-order valence-corrected chi connectivity index (χ3v) is 4.43. The molecule has 1 saturated carbocycles. The maximum atomic E-state index is 12.4. The number of nitrogens with zero attached hydrogens (tertiary/aromatic N) is 1. The van der Waals surface area contributed by atoms with Crippen LogP contribution in [0.2, 0.25) is 0 Å². The van der Waals surface area contributed by atoms with E-state index in [0.29, 0.717) is 32.5 Å². The Bertz CT molecular complexity index is 484. The van der Waals surface area contributed by atoms with Gasteiger partial charge in [-0.15, -0.1) is 0 Å². The predicted octanol–water partition coefficient (Wildman–Crippen LogP) is 1.53. The highest BCUT2D eigenvalue weighted by Gasteiger charge is 2.41. The van der Waals surface area contributed by atoms with Crippen LogP contribution in [-0.2, 0) is 15.1 Å². The van der Waals surface area contributed by atoms with Gasteiger partial charge >= 0.3 is 0 Å². The first-order chi connectivity index (χ1) is 9.58. The van der Waals surface area contributed by atoms with E-state index in [1.807, 2.05) is 42.2 Å². The molecule has 2 fully saturated rings. The lowest BCUT2D eigenvalue weighted by atomic mass is 9.81. The molecule has 1 unspecified atom stereocenters. The van der Waals surface area contributed by atoms with E-state index < -0.39 is 5.60 Å². The van der Waals surface area contributed by atoms with E-state index in [2.05, 4.69) is 0 Å². The van der Waals surface area contributed by atoms with Gasteiger partial charge in [-0.1, -0.05) is 30.3 Å². The maximum Gasteiger partial charge on any atom is 0.226 e. The Hall–Kier alpha value is -1.39. The van der Waals surface area contributed by atoms with Crippen molar-refractivity contribution in [3.8, 4) is 0 Å². The van der Waals surface area contributed by atoms with Crippen molar-refractivity contribution in [1.82, 2.24) is 4.90 Å². The topological polar surface area (TPSA) is 49.8 Å². The Labute approximate surface area is 119 Å². The van der Waals surface area contributed by atoms with Crippen molar-refractivity contribution in [3.63, 3.8) is 0 Å². The van der Waals surface area contributed by atoms with Gasteiger partial charge in [0.1, 0.15) is 5.60 Å². The molecule has 108 valence electrons. The molecule has 0 aromatic heterocycles.